The number of carbonyl (C=O) groups is 3. The van der Waals surface area contributed by atoms with Crippen LogP contribution in [0.4, 0.5) is 4.79 Å². The van der Waals surface area contributed by atoms with Gasteiger partial charge < -0.3 is 24.5 Å². The van der Waals surface area contributed by atoms with E-state index in [1.807, 2.05) is 0 Å². The summed E-state index contributed by atoms with van der Waals surface area (Å²) in [6.07, 6.45) is -0.710. The highest BCUT2D eigenvalue weighted by molar-refractivity contribution is 6.10. The van der Waals surface area contributed by atoms with Gasteiger partial charge in [-0.15, -0.1) is 0 Å². The summed E-state index contributed by atoms with van der Waals surface area (Å²) < 4.78 is 15.3. The molecule has 0 saturated heterocycles. The van der Waals surface area contributed by atoms with Crippen molar-refractivity contribution in [1.82, 2.24) is 10.3 Å². The predicted octanol–water partition coefficient (Wildman–Crippen LogP) is 2.18. The van der Waals surface area contributed by atoms with E-state index in [0.717, 1.165) is 0 Å². The van der Waals surface area contributed by atoms with Crippen LogP contribution in [0.1, 0.15) is 38.1 Å². The molecule has 1 heterocycles. The van der Waals surface area contributed by atoms with Gasteiger partial charge in [-0.2, -0.15) is 0 Å². The smallest absolute Gasteiger partial charge is 0.408 e. The average molecular weight is 404 g/mol. The van der Waals surface area contributed by atoms with E-state index < -0.39 is 23.2 Å². The van der Waals surface area contributed by atoms with Crippen LogP contribution in [0.5, 0.6) is 5.75 Å². The number of hydrogen-bond acceptors (Lipinski definition) is 7. The highest BCUT2D eigenvalue weighted by Crippen LogP contribution is 2.26. The summed E-state index contributed by atoms with van der Waals surface area (Å²) in [7, 11) is 0. The topological polar surface area (TPSA) is 124 Å². The highest BCUT2D eigenvalue weighted by Gasteiger charge is 2.19. The van der Waals surface area contributed by atoms with E-state index in [1.165, 1.54) is 24.3 Å². The van der Waals surface area contributed by atoms with Gasteiger partial charge in [-0.05, 0) is 45.9 Å². The van der Waals surface area contributed by atoms with E-state index in [1.54, 1.807) is 27.7 Å². The molecule has 0 aliphatic heterocycles. The number of benzene rings is 1. The number of alkyl carbamates (subject to hydrolysis) is 1. The molecule has 29 heavy (non-hydrogen) atoms. The molecule has 0 radical (unpaired) electrons. The zero-order valence-electron chi connectivity index (χ0n) is 16.8. The number of carbonyl (C=O) groups excluding carboxylic acids is 3. The number of hydrogen-bond donors (Lipinski definition) is 2. The zero-order valence-corrected chi connectivity index (χ0v) is 16.8. The molecule has 0 saturated carbocycles. The normalized spacial score (nSPS) is 11.0. The van der Waals surface area contributed by atoms with Crippen molar-refractivity contribution in [3.05, 3.63) is 40.2 Å². The van der Waals surface area contributed by atoms with Gasteiger partial charge in [0.2, 0.25) is 5.56 Å². The van der Waals surface area contributed by atoms with Crippen LogP contribution in [0.15, 0.2) is 29.1 Å². The van der Waals surface area contributed by atoms with Crippen molar-refractivity contribution < 1.29 is 28.6 Å². The van der Waals surface area contributed by atoms with E-state index >= 15 is 0 Å². The van der Waals surface area contributed by atoms with E-state index in [2.05, 4.69) is 10.3 Å². The molecule has 156 valence electrons. The van der Waals surface area contributed by atoms with Crippen molar-refractivity contribution in [1.29, 1.82) is 0 Å². The Labute approximate surface area is 167 Å². The molecule has 1 aromatic heterocycles. The molecule has 0 spiro atoms. The van der Waals surface area contributed by atoms with Gasteiger partial charge in [0.25, 0.3) is 0 Å². The Bertz CT molecular complexity index is 973. The first-order chi connectivity index (χ1) is 13.6. The second-order valence-electron chi connectivity index (χ2n) is 7.09. The zero-order chi connectivity index (χ0) is 21.6. The minimum atomic E-state index is -0.710. The number of aromatic amines is 1. The lowest BCUT2D eigenvalue weighted by Gasteiger charge is -2.19. The third kappa shape index (κ3) is 6.34. The van der Waals surface area contributed by atoms with Crippen molar-refractivity contribution in [2.45, 2.75) is 33.3 Å². The Kier molecular flexibility index (Phi) is 6.98. The number of Topliss-reactive ketones (excluding diaryl/α,β-unsaturated/α-hetero) is 1. The minimum absolute atomic E-state index is 0.220. The first kappa shape index (κ1) is 21.9. The number of H-pyrrole nitrogens is 1. The van der Waals surface area contributed by atoms with Crippen molar-refractivity contribution in [3.8, 4) is 5.75 Å². The van der Waals surface area contributed by atoms with Crippen LogP contribution in [0, 0.1) is 0 Å². The maximum atomic E-state index is 12.6. The molecule has 1 aromatic carbocycles. The van der Waals surface area contributed by atoms with Crippen LogP contribution in [0.25, 0.3) is 10.9 Å². The number of esters is 1. The quantitative estimate of drug-likeness (QED) is 0.535. The number of ketones is 1. The molecule has 0 unspecified atom stereocenters. The lowest BCUT2D eigenvalue weighted by molar-refractivity contribution is -0.145. The molecule has 2 rings (SSSR count). The van der Waals surface area contributed by atoms with Gasteiger partial charge in [0.05, 0.1) is 18.7 Å². The molecule has 0 fully saturated rings. The molecule has 0 aliphatic carbocycles. The Morgan fingerprint density at radius 1 is 1.10 bits per heavy atom. The van der Waals surface area contributed by atoms with Crippen molar-refractivity contribution in [2.75, 3.05) is 19.8 Å². The van der Waals surface area contributed by atoms with Gasteiger partial charge in [0.1, 0.15) is 11.4 Å². The van der Waals surface area contributed by atoms with E-state index in [9.17, 15) is 19.2 Å². The molecule has 1 amide bonds. The van der Waals surface area contributed by atoms with E-state index in [0.29, 0.717) is 5.39 Å². The molecule has 9 nitrogen and oxygen atoms in total. The predicted molar refractivity (Wildman–Crippen MR) is 105 cm³/mol. The van der Waals surface area contributed by atoms with Gasteiger partial charge in [-0.1, -0.05) is 0 Å². The third-order valence-electron chi connectivity index (χ3n) is 3.60. The minimum Gasteiger partial charge on any atom is -0.480 e. The van der Waals surface area contributed by atoms with Crippen molar-refractivity contribution >= 4 is 28.7 Å². The summed E-state index contributed by atoms with van der Waals surface area (Å²) in [6.45, 7) is 6.42. The summed E-state index contributed by atoms with van der Waals surface area (Å²) in [5.41, 5.74) is -0.535. The molecule has 2 N–H and O–H groups in total. The number of aromatic nitrogens is 1. The largest absolute Gasteiger partial charge is 0.480 e. The van der Waals surface area contributed by atoms with Crippen LogP contribution >= 0.6 is 0 Å². The fraction of sp³-hybridized carbons (Fsp3) is 0.400. The van der Waals surface area contributed by atoms with Gasteiger partial charge in [0, 0.05) is 17.0 Å². The molecule has 2 aromatic rings. The van der Waals surface area contributed by atoms with Crippen molar-refractivity contribution in [2.24, 2.45) is 0 Å². The van der Waals surface area contributed by atoms with E-state index in [4.69, 9.17) is 14.2 Å². The fourth-order valence-corrected chi connectivity index (χ4v) is 2.49. The van der Waals surface area contributed by atoms with Crippen LogP contribution < -0.4 is 15.6 Å². The van der Waals surface area contributed by atoms with Crippen molar-refractivity contribution in [3.63, 3.8) is 0 Å². The first-order valence-corrected chi connectivity index (χ1v) is 9.05. The van der Waals surface area contributed by atoms with Gasteiger partial charge in [-0.25, -0.2) is 9.59 Å². The Hall–Kier alpha value is -3.36. The van der Waals surface area contributed by atoms with Gasteiger partial charge in [-0.3, -0.25) is 9.59 Å². The maximum Gasteiger partial charge on any atom is 0.408 e. The number of nitrogens with one attached hydrogen (secondary N) is 2. The summed E-state index contributed by atoms with van der Waals surface area (Å²) in [6, 6.07) is 5.72. The molecule has 0 atom stereocenters. The van der Waals surface area contributed by atoms with Crippen LogP contribution in [-0.4, -0.2) is 48.2 Å². The van der Waals surface area contributed by atoms with Crippen LogP contribution in [0.3, 0.4) is 0 Å². The maximum absolute atomic E-state index is 12.6. The van der Waals surface area contributed by atoms with E-state index in [-0.39, 0.29) is 42.4 Å². The fourth-order valence-electron chi connectivity index (χ4n) is 2.49. The van der Waals surface area contributed by atoms with Gasteiger partial charge >= 0.3 is 12.1 Å². The Balaban J connectivity index is 2.23. The number of ether oxygens (including phenoxy) is 3. The number of pyridine rings is 1. The summed E-state index contributed by atoms with van der Waals surface area (Å²) in [5.74, 6) is -0.715. The molecule has 9 heteroatoms. The third-order valence-corrected chi connectivity index (χ3v) is 3.60. The average Bonchev–Trinajstić information content (AvgIpc) is 2.63. The number of rotatable bonds is 7. The first-order valence-electron chi connectivity index (χ1n) is 9.05. The standard InChI is InChI=1S/C20H24N2O7/c1-5-27-17(25)11-28-15-8-6-12(13-7-9-16(24)22-18(13)15)14(23)10-21-19(26)29-20(2,3)4/h6-9H,5,10-11H2,1-4H3,(H,21,26)(H,22,24). The summed E-state index contributed by atoms with van der Waals surface area (Å²) in [4.78, 5) is 50.2. The van der Waals surface area contributed by atoms with Gasteiger partial charge in [0.15, 0.2) is 12.4 Å². The number of fused-ring (bicyclic) bond motifs is 1. The molecule has 0 bridgehead atoms. The Morgan fingerprint density at radius 3 is 2.48 bits per heavy atom. The Morgan fingerprint density at radius 2 is 1.83 bits per heavy atom. The lowest BCUT2D eigenvalue weighted by Crippen LogP contribution is -2.35. The summed E-state index contributed by atoms with van der Waals surface area (Å²) >= 11 is 0. The molecular formula is C20H24N2O7. The summed E-state index contributed by atoms with van der Waals surface area (Å²) in [5, 5.41) is 2.83. The number of amides is 1. The second kappa shape index (κ2) is 9.22. The van der Waals surface area contributed by atoms with Crippen LogP contribution in [0.2, 0.25) is 0 Å². The second-order valence-corrected chi connectivity index (χ2v) is 7.09. The highest BCUT2D eigenvalue weighted by atomic mass is 16.6. The van der Waals surface area contributed by atoms with Crippen LogP contribution in [-0.2, 0) is 14.3 Å². The monoisotopic (exact) mass is 404 g/mol. The molecule has 0 aliphatic rings. The lowest BCUT2D eigenvalue weighted by atomic mass is 10.0. The molecular weight excluding hydrogens is 380 g/mol. The SMILES string of the molecule is CCOC(=O)COc1ccc(C(=O)CNC(=O)OC(C)(C)C)c2ccc(=O)[nH]c12.